The predicted molar refractivity (Wildman–Crippen MR) is 243 cm³/mol. The first-order valence-corrected chi connectivity index (χ1v) is 21.9. The Bertz CT molecular complexity index is 2910. The number of nitriles is 1. The molecular formula is C57H44N4. The van der Waals surface area contributed by atoms with E-state index >= 15 is 0 Å². The average Bonchev–Trinajstić information content (AvgIpc) is 3.61. The molecule has 0 N–H and O–H groups in total. The van der Waals surface area contributed by atoms with Crippen LogP contribution in [0, 0.1) is 29.1 Å². The molecular weight excluding hydrogens is 741 g/mol. The van der Waals surface area contributed by atoms with Gasteiger partial charge in [-0.3, -0.25) is 0 Å². The van der Waals surface area contributed by atoms with Crippen molar-refractivity contribution in [3.05, 3.63) is 209 Å². The van der Waals surface area contributed by atoms with Gasteiger partial charge in [0.1, 0.15) is 0 Å². The van der Waals surface area contributed by atoms with Gasteiger partial charge in [-0.15, -0.1) is 0 Å². The molecule has 1 aromatic heterocycles. The lowest BCUT2D eigenvalue weighted by Gasteiger charge is -2.57. The Kier molecular flexibility index (Phi) is 8.29. The van der Waals surface area contributed by atoms with Crippen LogP contribution in [0.4, 0.5) is 0 Å². The monoisotopic (exact) mass is 784 g/mol. The van der Waals surface area contributed by atoms with Crippen LogP contribution in [-0.2, 0) is 10.8 Å². The van der Waals surface area contributed by atoms with E-state index in [9.17, 15) is 5.26 Å². The van der Waals surface area contributed by atoms with E-state index in [0.717, 1.165) is 73.4 Å². The minimum atomic E-state index is -0.629. The molecule has 0 unspecified atom stereocenters. The van der Waals surface area contributed by atoms with Crippen LogP contribution >= 0.6 is 0 Å². The average molecular weight is 785 g/mol. The van der Waals surface area contributed by atoms with Crippen molar-refractivity contribution in [2.24, 2.45) is 17.8 Å². The minimum Gasteiger partial charge on any atom is -0.208 e. The van der Waals surface area contributed by atoms with Gasteiger partial charge in [0.05, 0.1) is 17.0 Å². The zero-order valence-electron chi connectivity index (χ0n) is 34.0. The molecule has 13 rings (SSSR count). The predicted octanol–water partition coefficient (Wildman–Crippen LogP) is 13.2. The maximum Gasteiger partial charge on any atom is 0.164 e. The van der Waals surface area contributed by atoms with Gasteiger partial charge in [0.2, 0.25) is 0 Å². The van der Waals surface area contributed by atoms with Gasteiger partial charge in [0, 0.05) is 16.7 Å². The lowest BCUT2D eigenvalue weighted by atomic mass is 9.48. The van der Waals surface area contributed by atoms with Crippen LogP contribution < -0.4 is 0 Å². The summed E-state index contributed by atoms with van der Waals surface area (Å²) >= 11 is 0. The van der Waals surface area contributed by atoms with Crippen LogP contribution in [0.25, 0.3) is 56.4 Å². The first kappa shape index (κ1) is 35.9. The zero-order chi connectivity index (χ0) is 40.5. The maximum absolute atomic E-state index is 10.0. The lowest BCUT2D eigenvalue weighted by Crippen LogP contribution is -2.48. The smallest absolute Gasteiger partial charge is 0.164 e. The Morgan fingerprint density at radius 3 is 1.44 bits per heavy atom. The van der Waals surface area contributed by atoms with E-state index in [1.807, 2.05) is 18.2 Å². The Morgan fingerprint density at radius 2 is 0.885 bits per heavy atom. The third kappa shape index (κ3) is 5.82. The van der Waals surface area contributed by atoms with Gasteiger partial charge in [0.15, 0.2) is 17.5 Å². The molecule has 4 fully saturated rings. The second-order valence-electron chi connectivity index (χ2n) is 18.1. The fourth-order valence-electron chi connectivity index (χ4n) is 12.3. The Hall–Kier alpha value is -6.96. The molecule has 7 aromatic carbocycles. The SMILES string of the molecule is N#Cc1ccc2c(c1)-c1ccc(-c3nc(-c4ccc(-c5ccccc5)cc4)nc(-c4ccc(C56CC7CC(CC(C7)C5)C6)cc4)n3)cc1C2(c1ccccc1)c1ccccc1. The highest BCUT2D eigenvalue weighted by molar-refractivity contribution is 5.88. The van der Waals surface area contributed by atoms with E-state index in [4.69, 9.17) is 15.0 Å². The molecule has 292 valence electrons. The van der Waals surface area contributed by atoms with Crippen molar-refractivity contribution in [2.75, 3.05) is 0 Å². The molecule has 0 atom stereocenters. The van der Waals surface area contributed by atoms with Crippen molar-refractivity contribution in [2.45, 2.75) is 49.4 Å². The van der Waals surface area contributed by atoms with E-state index in [0.29, 0.717) is 28.5 Å². The summed E-state index contributed by atoms with van der Waals surface area (Å²) in [5, 5.41) is 10.0. The number of hydrogen-bond acceptors (Lipinski definition) is 4. The molecule has 5 aliphatic carbocycles. The molecule has 0 spiro atoms. The maximum atomic E-state index is 10.0. The number of aromatic nitrogens is 3. The van der Waals surface area contributed by atoms with E-state index in [1.165, 1.54) is 49.7 Å². The van der Waals surface area contributed by atoms with Gasteiger partial charge in [-0.2, -0.15) is 5.26 Å². The summed E-state index contributed by atoms with van der Waals surface area (Å²) in [7, 11) is 0. The Morgan fingerprint density at radius 1 is 0.410 bits per heavy atom. The highest BCUT2D eigenvalue weighted by Gasteiger charge is 2.51. The third-order valence-electron chi connectivity index (χ3n) is 14.6. The largest absolute Gasteiger partial charge is 0.208 e. The fourth-order valence-corrected chi connectivity index (χ4v) is 12.3. The van der Waals surface area contributed by atoms with E-state index in [-0.39, 0.29) is 0 Å². The molecule has 0 amide bonds. The fraction of sp³-hybridized carbons (Fsp3) is 0.193. The second-order valence-corrected chi connectivity index (χ2v) is 18.1. The number of rotatable bonds is 7. The molecule has 4 saturated carbocycles. The van der Waals surface area contributed by atoms with E-state index < -0.39 is 5.41 Å². The van der Waals surface area contributed by atoms with Crippen molar-refractivity contribution in [3.63, 3.8) is 0 Å². The lowest BCUT2D eigenvalue weighted by molar-refractivity contribution is -0.00518. The van der Waals surface area contributed by atoms with Gasteiger partial charge >= 0.3 is 0 Å². The number of nitrogens with zero attached hydrogens (tertiary/aromatic N) is 4. The van der Waals surface area contributed by atoms with Gasteiger partial charge in [0.25, 0.3) is 0 Å². The molecule has 0 saturated heterocycles. The molecule has 8 aromatic rings. The van der Waals surface area contributed by atoms with Crippen molar-refractivity contribution >= 4 is 0 Å². The van der Waals surface area contributed by atoms with Crippen LogP contribution in [0.15, 0.2) is 176 Å². The summed E-state index contributed by atoms with van der Waals surface area (Å²) in [5.41, 5.74) is 13.8. The van der Waals surface area contributed by atoms with Crippen molar-refractivity contribution in [3.8, 4) is 62.5 Å². The minimum absolute atomic E-state index is 0.323. The van der Waals surface area contributed by atoms with Crippen LogP contribution in [0.3, 0.4) is 0 Å². The van der Waals surface area contributed by atoms with Crippen molar-refractivity contribution in [1.82, 2.24) is 15.0 Å². The third-order valence-corrected chi connectivity index (χ3v) is 14.6. The van der Waals surface area contributed by atoms with Crippen LogP contribution in [0.5, 0.6) is 0 Å². The van der Waals surface area contributed by atoms with Gasteiger partial charge in [-0.25, -0.2) is 15.0 Å². The second kappa shape index (κ2) is 14.1. The molecule has 61 heavy (non-hydrogen) atoms. The summed E-state index contributed by atoms with van der Waals surface area (Å²) < 4.78 is 0. The molecule has 4 heteroatoms. The van der Waals surface area contributed by atoms with Crippen molar-refractivity contribution in [1.29, 1.82) is 5.26 Å². The summed E-state index contributed by atoms with van der Waals surface area (Å²) in [6, 6.07) is 65.0. The quantitative estimate of drug-likeness (QED) is 0.161. The summed E-state index contributed by atoms with van der Waals surface area (Å²) in [5.74, 6) is 4.62. The zero-order valence-corrected chi connectivity index (χ0v) is 34.0. The van der Waals surface area contributed by atoms with Gasteiger partial charge < -0.3 is 0 Å². The van der Waals surface area contributed by atoms with E-state index in [2.05, 4.69) is 164 Å². The summed E-state index contributed by atoms with van der Waals surface area (Å²) in [6.45, 7) is 0. The summed E-state index contributed by atoms with van der Waals surface area (Å²) in [6.07, 6.45) is 8.33. The van der Waals surface area contributed by atoms with Gasteiger partial charge in [-0.05, 0) is 130 Å². The Labute approximate surface area is 357 Å². The molecule has 1 heterocycles. The normalized spacial score (nSPS) is 21.4. The highest BCUT2D eigenvalue weighted by atomic mass is 15.0. The van der Waals surface area contributed by atoms with Crippen LogP contribution in [-0.4, -0.2) is 15.0 Å². The van der Waals surface area contributed by atoms with E-state index in [1.54, 1.807) is 0 Å². The van der Waals surface area contributed by atoms with Crippen LogP contribution in [0.1, 0.15) is 71.9 Å². The molecule has 5 aliphatic rings. The molecule has 4 bridgehead atoms. The van der Waals surface area contributed by atoms with Crippen molar-refractivity contribution < 1.29 is 0 Å². The molecule has 4 nitrogen and oxygen atoms in total. The number of hydrogen-bond donors (Lipinski definition) is 0. The highest BCUT2D eigenvalue weighted by Crippen LogP contribution is 2.61. The van der Waals surface area contributed by atoms with Gasteiger partial charge in [-0.1, -0.05) is 158 Å². The molecule has 0 aliphatic heterocycles. The Balaban J connectivity index is 1.02. The standard InChI is InChI=1S/C57H44N4/c58-36-37-16-27-51-50(31-37)49-26-23-45(32-52(49)57(51,47-12-6-2-7-13-47)48-14-8-3-9-15-48)55-60-53(43-19-17-42(18-20-43)41-10-4-1-5-11-41)59-54(61-55)44-21-24-46(25-22-44)56-33-38-28-39(34-56)30-40(29-38)35-56/h1-27,31-32,38-40H,28-30,33-35H2. The summed E-state index contributed by atoms with van der Waals surface area (Å²) in [4.78, 5) is 15.8. The topological polar surface area (TPSA) is 62.5 Å². The first-order chi connectivity index (χ1) is 30.1. The number of benzene rings is 7. The molecule has 0 radical (unpaired) electrons. The van der Waals surface area contributed by atoms with Crippen LogP contribution in [0.2, 0.25) is 0 Å². The number of fused-ring (bicyclic) bond motifs is 3. The first-order valence-electron chi connectivity index (χ1n) is 21.9.